The predicted molar refractivity (Wildman–Crippen MR) is 84.3 cm³/mol. The van der Waals surface area contributed by atoms with E-state index in [1.807, 2.05) is 41.9 Å². The lowest BCUT2D eigenvalue weighted by Gasteiger charge is -2.27. The van der Waals surface area contributed by atoms with Crippen LogP contribution in [0.15, 0.2) is 30.6 Å². The van der Waals surface area contributed by atoms with Gasteiger partial charge < -0.3 is 9.14 Å². The second-order valence-electron chi connectivity index (χ2n) is 5.72. The van der Waals surface area contributed by atoms with Crippen molar-refractivity contribution in [3.05, 3.63) is 36.3 Å². The lowest BCUT2D eigenvalue weighted by molar-refractivity contribution is 0.0299. The molecule has 0 spiro atoms. The Morgan fingerprint density at radius 2 is 2.32 bits per heavy atom. The SMILES string of the molecule is C[C@H]1C[C@@H](S(=O)(=O)NCCc2cn3ccccc3n2)CCO1. The Kier molecular flexibility index (Phi) is 4.46. The molecule has 120 valence electrons. The zero-order valence-corrected chi connectivity index (χ0v) is 13.4. The summed E-state index contributed by atoms with van der Waals surface area (Å²) in [5.74, 6) is 0. The monoisotopic (exact) mass is 323 g/mol. The Morgan fingerprint density at radius 3 is 3.09 bits per heavy atom. The first-order valence-electron chi connectivity index (χ1n) is 7.57. The molecule has 3 rings (SSSR count). The van der Waals surface area contributed by atoms with E-state index >= 15 is 0 Å². The Bertz CT molecular complexity index is 708. The number of rotatable bonds is 5. The van der Waals surface area contributed by atoms with Crippen molar-refractivity contribution in [1.29, 1.82) is 0 Å². The van der Waals surface area contributed by atoms with Gasteiger partial charge in [-0.25, -0.2) is 18.1 Å². The number of hydrogen-bond donors (Lipinski definition) is 1. The second-order valence-corrected chi connectivity index (χ2v) is 7.76. The number of ether oxygens (including phenoxy) is 1. The van der Waals surface area contributed by atoms with Crippen molar-refractivity contribution in [2.24, 2.45) is 0 Å². The highest BCUT2D eigenvalue weighted by Crippen LogP contribution is 2.19. The van der Waals surface area contributed by atoms with Crippen LogP contribution in [0.4, 0.5) is 0 Å². The van der Waals surface area contributed by atoms with Crippen LogP contribution in [0.3, 0.4) is 0 Å². The number of hydrogen-bond acceptors (Lipinski definition) is 4. The molecule has 1 N–H and O–H groups in total. The van der Waals surface area contributed by atoms with Crippen molar-refractivity contribution in [1.82, 2.24) is 14.1 Å². The van der Waals surface area contributed by atoms with Gasteiger partial charge in [0.15, 0.2) is 0 Å². The van der Waals surface area contributed by atoms with E-state index in [0.717, 1.165) is 11.3 Å². The topological polar surface area (TPSA) is 72.7 Å². The fourth-order valence-electron chi connectivity index (χ4n) is 2.79. The fraction of sp³-hybridized carbons (Fsp3) is 0.533. The zero-order chi connectivity index (χ0) is 15.6. The summed E-state index contributed by atoms with van der Waals surface area (Å²) in [4.78, 5) is 4.47. The zero-order valence-electron chi connectivity index (χ0n) is 12.6. The number of sulfonamides is 1. The average molecular weight is 323 g/mol. The van der Waals surface area contributed by atoms with Gasteiger partial charge in [-0.3, -0.25) is 0 Å². The largest absolute Gasteiger partial charge is 0.378 e. The van der Waals surface area contributed by atoms with E-state index < -0.39 is 10.0 Å². The van der Waals surface area contributed by atoms with Gasteiger partial charge in [0.25, 0.3) is 0 Å². The van der Waals surface area contributed by atoms with Crippen LogP contribution in [0.1, 0.15) is 25.5 Å². The van der Waals surface area contributed by atoms with Crippen LogP contribution in [-0.2, 0) is 21.2 Å². The maximum Gasteiger partial charge on any atom is 0.214 e. The third-order valence-corrected chi connectivity index (χ3v) is 5.89. The van der Waals surface area contributed by atoms with Gasteiger partial charge >= 0.3 is 0 Å². The van der Waals surface area contributed by atoms with E-state index in [9.17, 15) is 8.42 Å². The first kappa shape index (κ1) is 15.5. The molecule has 1 saturated heterocycles. The van der Waals surface area contributed by atoms with E-state index in [0.29, 0.717) is 32.4 Å². The highest BCUT2D eigenvalue weighted by Gasteiger charge is 2.30. The summed E-state index contributed by atoms with van der Waals surface area (Å²) in [6, 6.07) is 5.80. The smallest absolute Gasteiger partial charge is 0.214 e. The van der Waals surface area contributed by atoms with Crippen molar-refractivity contribution in [2.75, 3.05) is 13.2 Å². The Morgan fingerprint density at radius 1 is 1.45 bits per heavy atom. The molecule has 0 bridgehead atoms. The van der Waals surface area contributed by atoms with Crippen molar-refractivity contribution < 1.29 is 13.2 Å². The summed E-state index contributed by atoms with van der Waals surface area (Å²) in [6.07, 6.45) is 5.57. The highest BCUT2D eigenvalue weighted by molar-refractivity contribution is 7.90. The average Bonchev–Trinajstić information content (AvgIpc) is 2.89. The number of fused-ring (bicyclic) bond motifs is 1. The van der Waals surface area contributed by atoms with Gasteiger partial charge in [-0.2, -0.15) is 0 Å². The lowest BCUT2D eigenvalue weighted by Crippen LogP contribution is -2.40. The van der Waals surface area contributed by atoms with Crippen LogP contribution in [0, 0.1) is 0 Å². The van der Waals surface area contributed by atoms with Gasteiger partial charge in [0, 0.05) is 32.0 Å². The first-order chi connectivity index (χ1) is 10.5. The molecule has 0 unspecified atom stereocenters. The van der Waals surface area contributed by atoms with Gasteiger partial charge in [0.05, 0.1) is 17.0 Å². The van der Waals surface area contributed by atoms with Crippen LogP contribution in [0.5, 0.6) is 0 Å². The minimum absolute atomic E-state index is 0.00812. The fourth-order valence-corrected chi connectivity index (χ4v) is 4.34. The molecule has 2 aromatic heterocycles. The lowest BCUT2D eigenvalue weighted by atomic mass is 10.1. The molecule has 22 heavy (non-hydrogen) atoms. The van der Waals surface area contributed by atoms with Crippen LogP contribution in [0.2, 0.25) is 0 Å². The normalized spacial score (nSPS) is 23.0. The number of nitrogens with one attached hydrogen (secondary N) is 1. The molecule has 0 radical (unpaired) electrons. The minimum atomic E-state index is -3.28. The summed E-state index contributed by atoms with van der Waals surface area (Å²) in [7, 11) is -3.28. The van der Waals surface area contributed by atoms with Gasteiger partial charge in [-0.15, -0.1) is 0 Å². The van der Waals surface area contributed by atoms with E-state index in [4.69, 9.17) is 4.74 Å². The second kappa shape index (κ2) is 6.36. The molecule has 7 heteroatoms. The summed E-state index contributed by atoms with van der Waals surface area (Å²) >= 11 is 0. The molecule has 0 aromatic carbocycles. The van der Waals surface area contributed by atoms with Crippen LogP contribution in [-0.4, -0.2) is 42.3 Å². The number of aromatic nitrogens is 2. The standard InChI is InChI=1S/C15H21N3O3S/c1-12-10-14(6-9-21-12)22(19,20)16-7-5-13-11-18-8-3-2-4-15(18)17-13/h2-4,8,11-12,14,16H,5-7,9-10H2,1H3/t12-,14-/m0/s1. The third-order valence-electron chi connectivity index (χ3n) is 3.97. The van der Waals surface area contributed by atoms with Crippen molar-refractivity contribution in [3.63, 3.8) is 0 Å². The van der Waals surface area contributed by atoms with Crippen molar-refractivity contribution >= 4 is 15.7 Å². The molecular formula is C15H21N3O3S. The van der Waals surface area contributed by atoms with Crippen molar-refractivity contribution in [3.8, 4) is 0 Å². The molecule has 1 aliphatic heterocycles. The number of pyridine rings is 1. The van der Waals surface area contributed by atoms with Crippen LogP contribution >= 0.6 is 0 Å². The molecule has 1 fully saturated rings. The minimum Gasteiger partial charge on any atom is -0.378 e. The highest BCUT2D eigenvalue weighted by atomic mass is 32.2. The predicted octanol–water partition coefficient (Wildman–Crippen LogP) is 1.36. The van der Waals surface area contributed by atoms with Gasteiger partial charge in [0.2, 0.25) is 10.0 Å². The maximum atomic E-state index is 12.3. The quantitative estimate of drug-likeness (QED) is 0.902. The third kappa shape index (κ3) is 3.48. The van der Waals surface area contributed by atoms with E-state index in [1.54, 1.807) is 0 Å². The molecular weight excluding hydrogens is 302 g/mol. The number of imidazole rings is 1. The Hall–Kier alpha value is -1.44. The summed E-state index contributed by atoms with van der Waals surface area (Å²) < 4.78 is 34.7. The van der Waals surface area contributed by atoms with Gasteiger partial charge in [0.1, 0.15) is 5.65 Å². The molecule has 0 saturated carbocycles. The molecule has 2 atom stereocenters. The van der Waals surface area contributed by atoms with E-state index in [-0.39, 0.29) is 11.4 Å². The molecule has 0 aliphatic carbocycles. The molecule has 1 aliphatic rings. The van der Waals surface area contributed by atoms with Gasteiger partial charge in [-0.1, -0.05) is 6.07 Å². The molecule has 3 heterocycles. The van der Waals surface area contributed by atoms with Crippen LogP contribution < -0.4 is 4.72 Å². The molecule has 2 aromatic rings. The van der Waals surface area contributed by atoms with Crippen LogP contribution in [0.25, 0.3) is 5.65 Å². The Labute approximate surface area is 130 Å². The first-order valence-corrected chi connectivity index (χ1v) is 9.12. The maximum absolute atomic E-state index is 12.3. The van der Waals surface area contributed by atoms with Crippen molar-refractivity contribution in [2.45, 2.75) is 37.5 Å². The Balaban J connectivity index is 1.57. The molecule has 6 nitrogen and oxygen atoms in total. The van der Waals surface area contributed by atoms with Gasteiger partial charge in [-0.05, 0) is 31.9 Å². The molecule has 0 amide bonds. The van der Waals surface area contributed by atoms with E-state index in [1.165, 1.54) is 0 Å². The summed E-state index contributed by atoms with van der Waals surface area (Å²) in [5.41, 5.74) is 1.76. The van der Waals surface area contributed by atoms with E-state index in [2.05, 4.69) is 9.71 Å². The number of nitrogens with zero attached hydrogens (tertiary/aromatic N) is 2. The summed E-state index contributed by atoms with van der Waals surface area (Å²) in [5, 5.41) is -0.350. The summed E-state index contributed by atoms with van der Waals surface area (Å²) in [6.45, 7) is 2.80.